The number of ether oxygens (including phenoxy) is 1. The summed E-state index contributed by atoms with van der Waals surface area (Å²) in [6.45, 7) is 3.11. The Morgan fingerprint density at radius 3 is 3.00 bits per heavy atom. The Balaban J connectivity index is 2.58. The average Bonchev–Trinajstić information content (AvgIpc) is 2.54. The van der Waals surface area contributed by atoms with Gasteiger partial charge in [0.25, 0.3) is 0 Å². The van der Waals surface area contributed by atoms with E-state index in [0.717, 1.165) is 16.6 Å². The van der Waals surface area contributed by atoms with Crippen molar-refractivity contribution < 1.29 is 4.74 Å². The molecule has 0 bridgehead atoms. The van der Waals surface area contributed by atoms with Gasteiger partial charge in [-0.2, -0.15) is 0 Å². The number of aromatic nitrogens is 2. The Morgan fingerprint density at radius 1 is 1.47 bits per heavy atom. The lowest BCUT2D eigenvalue weighted by Crippen LogP contribution is -2.18. The molecule has 0 aliphatic carbocycles. The molecule has 1 heterocycles. The van der Waals surface area contributed by atoms with Crippen LogP contribution >= 0.6 is 0 Å². The van der Waals surface area contributed by atoms with Gasteiger partial charge in [-0.1, -0.05) is 12.1 Å². The van der Waals surface area contributed by atoms with Crippen LogP contribution in [0.5, 0.6) is 0 Å². The van der Waals surface area contributed by atoms with Crippen molar-refractivity contribution in [2.24, 2.45) is 0 Å². The van der Waals surface area contributed by atoms with E-state index in [2.05, 4.69) is 4.98 Å². The summed E-state index contributed by atoms with van der Waals surface area (Å²) in [5.74, 6) is 0. The fourth-order valence-electron chi connectivity index (χ4n) is 1.73. The Hall–Kier alpha value is -1.55. The number of hydrogen-bond acceptors (Lipinski definition) is 2. The van der Waals surface area contributed by atoms with Crippen LogP contribution in [0.15, 0.2) is 23.0 Å². The van der Waals surface area contributed by atoms with E-state index in [4.69, 9.17) is 4.74 Å². The molecule has 1 aromatic carbocycles. The summed E-state index contributed by atoms with van der Waals surface area (Å²) in [5.41, 5.74) is 2.87. The van der Waals surface area contributed by atoms with Crippen molar-refractivity contribution in [1.82, 2.24) is 9.55 Å². The molecule has 2 aromatic rings. The van der Waals surface area contributed by atoms with E-state index in [0.29, 0.717) is 13.2 Å². The second-order valence-corrected chi connectivity index (χ2v) is 3.54. The Morgan fingerprint density at radius 2 is 2.27 bits per heavy atom. The molecule has 4 nitrogen and oxygen atoms in total. The molecule has 0 aliphatic rings. The van der Waals surface area contributed by atoms with Gasteiger partial charge in [0.05, 0.1) is 24.2 Å². The number of nitrogens with one attached hydrogen (secondary N) is 1. The summed E-state index contributed by atoms with van der Waals surface area (Å²) >= 11 is 0. The van der Waals surface area contributed by atoms with E-state index in [1.54, 1.807) is 11.7 Å². The summed E-state index contributed by atoms with van der Waals surface area (Å²) in [6, 6.07) is 5.88. The number of imidazole rings is 1. The smallest absolute Gasteiger partial charge is 0.326 e. The number of aromatic amines is 1. The molecule has 0 spiro atoms. The summed E-state index contributed by atoms with van der Waals surface area (Å²) in [5, 5.41) is 0. The number of aryl methyl sites for hydroxylation is 1. The molecule has 0 saturated heterocycles. The standard InChI is InChI=1S/C11H14N2O2/c1-8-4-3-5-9-10(8)12-11(14)13(9)6-7-15-2/h3-5H,6-7H2,1-2H3,(H,12,14). The zero-order chi connectivity index (χ0) is 10.8. The van der Waals surface area contributed by atoms with Crippen molar-refractivity contribution in [1.29, 1.82) is 0 Å². The van der Waals surface area contributed by atoms with Crippen molar-refractivity contribution in [2.45, 2.75) is 13.5 Å². The van der Waals surface area contributed by atoms with Gasteiger partial charge in [0.15, 0.2) is 0 Å². The first-order valence-electron chi connectivity index (χ1n) is 4.91. The molecular weight excluding hydrogens is 192 g/mol. The molecule has 0 saturated carbocycles. The molecule has 15 heavy (non-hydrogen) atoms. The number of methoxy groups -OCH3 is 1. The van der Waals surface area contributed by atoms with E-state index < -0.39 is 0 Å². The van der Waals surface area contributed by atoms with Crippen LogP contribution in [0.2, 0.25) is 0 Å². The number of fused-ring (bicyclic) bond motifs is 1. The minimum Gasteiger partial charge on any atom is -0.383 e. The highest BCUT2D eigenvalue weighted by atomic mass is 16.5. The Bertz CT molecular complexity index is 525. The quantitative estimate of drug-likeness (QED) is 0.822. The van der Waals surface area contributed by atoms with Gasteiger partial charge in [0.2, 0.25) is 0 Å². The van der Waals surface area contributed by atoms with Crippen molar-refractivity contribution >= 4 is 11.0 Å². The largest absolute Gasteiger partial charge is 0.383 e. The van der Waals surface area contributed by atoms with Gasteiger partial charge in [0, 0.05) is 7.11 Å². The molecule has 1 N–H and O–H groups in total. The summed E-state index contributed by atoms with van der Waals surface area (Å²) in [6.07, 6.45) is 0. The van der Waals surface area contributed by atoms with Gasteiger partial charge in [-0.3, -0.25) is 4.57 Å². The topological polar surface area (TPSA) is 47.0 Å². The molecule has 1 aromatic heterocycles. The maximum Gasteiger partial charge on any atom is 0.326 e. The van der Waals surface area contributed by atoms with Gasteiger partial charge >= 0.3 is 5.69 Å². The fraction of sp³-hybridized carbons (Fsp3) is 0.364. The third kappa shape index (κ3) is 1.68. The minimum atomic E-state index is -0.0728. The summed E-state index contributed by atoms with van der Waals surface area (Å²) in [4.78, 5) is 14.5. The lowest BCUT2D eigenvalue weighted by Gasteiger charge is -2.02. The summed E-state index contributed by atoms with van der Waals surface area (Å²) < 4.78 is 6.68. The number of benzene rings is 1. The van der Waals surface area contributed by atoms with Gasteiger partial charge in [0.1, 0.15) is 0 Å². The van der Waals surface area contributed by atoms with Crippen molar-refractivity contribution in [3.05, 3.63) is 34.2 Å². The van der Waals surface area contributed by atoms with E-state index in [-0.39, 0.29) is 5.69 Å². The van der Waals surface area contributed by atoms with Gasteiger partial charge in [-0.15, -0.1) is 0 Å². The number of para-hydroxylation sites is 1. The number of H-pyrrole nitrogens is 1. The van der Waals surface area contributed by atoms with Crippen LogP contribution in [0.4, 0.5) is 0 Å². The van der Waals surface area contributed by atoms with Crippen LogP contribution in [0.25, 0.3) is 11.0 Å². The molecule has 0 fully saturated rings. The van der Waals surface area contributed by atoms with Crippen LogP contribution in [0.3, 0.4) is 0 Å². The molecule has 0 radical (unpaired) electrons. The lowest BCUT2D eigenvalue weighted by molar-refractivity contribution is 0.187. The average molecular weight is 206 g/mol. The first-order valence-corrected chi connectivity index (χ1v) is 4.91. The molecule has 0 atom stereocenters. The fourth-order valence-corrected chi connectivity index (χ4v) is 1.73. The van der Waals surface area contributed by atoms with Crippen LogP contribution in [0.1, 0.15) is 5.56 Å². The zero-order valence-electron chi connectivity index (χ0n) is 8.91. The third-order valence-corrected chi connectivity index (χ3v) is 2.54. The van der Waals surface area contributed by atoms with E-state index >= 15 is 0 Å². The highest BCUT2D eigenvalue weighted by Crippen LogP contribution is 2.13. The van der Waals surface area contributed by atoms with Gasteiger partial charge < -0.3 is 9.72 Å². The predicted octanol–water partition coefficient (Wildman–Crippen LogP) is 1.28. The van der Waals surface area contributed by atoms with Crippen molar-refractivity contribution in [3.8, 4) is 0 Å². The minimum absolute atomic E-state index is 0.0728. The molecular formula is C11H14N2O2. The molecule has 2 rings (SSSR count). The molecule has 4 heteroatoms. The maximum absolute atomic E-state index is 11.6. The maximum atomic E-state index is 11.6. The highest BCUT2D eigenvalue weighted by molar-refractivity contribution is 5.78. The molecule has 0 unspecified atom stereocenters. The summed E-state index contributed by atoms with van der Waals surface area (Å²) in [7, 11) is 1.63. The number of rotatable bonds is 3. The highest BCUT2D eigenvalue weighted by Gasteiger charge is 2.06. The van der Waals surface area contributed by atoms with Crippen LogP contribution in [-0.4, -0.2) is 23.3 Å². The molecule has 0 aliphatic heterocycles. The van der Waals surface area contributed by atoms with Crippen LogP contribution < -0.4 is 5.69 Å². The van der Waals surface area contributed by atoms with Crippen LogP contribution in [0, 0.1) is 6.92 Å². The second kappa shape index (κ2) is 3.90. The first kappa shape index (κ1) is 9.98. The normalized spacial score (nSPS) is 11.1. The van der Waals surface area contributed by atoms with Crippen molar-refractivity contribution in [3.63, 3.8) is 0 Å². The Labute approximate surface area is 87.5 Å². The van der Waals surface area contributed by atoms with Crippen LogP contribution in [-0.2, 0) is 11.3 Å². The molecule has 80 valence electrons. The van der Waals surface area contributed by atoms with E-state index in [9.17, 15) is 4.79 Å². The first-order chi connectivity index (χ1) is 7.24. The zero-order valence-corrected chi connectivity index (χ0v) is 8.91. The SMILES string of the molecule is COCCn1c(=O)[nH]c2c(C)cccc21. The van der Waals surface area contributed by atoms with Gasteiger partial charge in [-0.25, -0.2) is 4.79 Å². The number of nitrogens with zero attached hydrogens (tertiary/aromatic N) is 1. The molecule has 0 amide bonds. The second-order valence-electron chi connectivity index (χ2n) is 3.54. The number of hydrogen-bond donors (Lipinski definition) is 1. The van der Waals surface area contributed by atoms with E-state index in [1.807, 2.05) is 25.1 Å². The van der Waals surface area contributed by atoms with E-state index in [1.165, 1.54) is 0 Å². The predicted molar refractivity (Wildman–Crippen MR) is 59.2 cm³/mol. The Kier molecular flexibility index (Phi) is 2.60. The van der Waals surface area contributed by atoms with Crippen molar-refractivity contribution in [2.75, 3.05) is 13.7 Å². The van der Waals surface area contributed by atoms with Gasteiger partial charge in [-0.05, 0) is 18.6 Å². The monoisotopic (exact) mass is 206 g/mol. The third-order valence-electron chi connectivity index (χ3n) is 2.54. The lowest BCUT2D eigenvalue weighted by atomic mass is 10.2.